The van der Waals surface area contributed by atoms with Crippen LogP contribution in [0.3, 0.4) is 0 Å². The summed E-state index contributed by atoms with van der Waals surface area (Å²) in [5, 5.41) is 9.76. The van der Waals surface area contributed by atoms with Gasteiger partial charge in [0.2, 0.25) is 0 Å². The Kier molecular flexibility index (Phi) is 8.34. The topological polar surface area (TPSA) is 37.3 Å². The second-order valence-electron chi connectivity index (χ2n) is 5.43. The zero-order valence-electron chi connectivity index (χ0n) is 13.3. The Labute approximate surface area is 148 Å². The summed E-state index contributed by atoms with van der Waals surface area (Å²) >= 11 is 5.22. The second-order valence-corrected chi connectivity index (χ2v) is 14.4. The molecule has 2 rings (SSSR count). The first-order valence-electron chi connectivity index (χ1n) is 7.03. The number of carbonyl (C=O) groups is 1. The normalized spacial score (nSPS) is 11.0. The Balaban J connectivity index is 0.000000593. The fourth-order valence-corrected chi connectivity index (χ4v) is 1.79. The van der Waals surface area contributed by atoms with Gasteiger partial charge in [-0.2, -0.15) is 0 Å². The quantitative estimate of drug-likeness (QED) is 0.390. The molecule has 1 radical (unpaired) electrons. The molecule has 121 valence electrons. The van der Waals surface area contributed by atoms with Gasteiger partial charge in [0.05, 0.1) is 5.57 Å². The monoisotopic (exact) mass is 441 g/mol. The maximum absolute atomic E-state index is 13.1. The fraction of sp³-hybridized carbons (Fsp3) is 0.167. The molecule has 0 amide bonds. The fourth-order valence-electron chi connectivity index (χ4n) is 1.66. The van der Waals surface area contributed by atoms with Crippen LogP contribution in [0.15, 0.2) is 48.5 Å². The van der Waals surface area contributed by atoms with Gasteiger partial charge < -0.3 is 5.11 Å². The summed E-state index contributed by atoms with van der Waals surface area (Å²) in [6.45, 7) is 0. The summed E-state index contributed by atoms with van der Waals surface area (Å²) in [7, 11) is 0. The van der Waals surface area contributed by atoms with Crippen molar-refractivity contribution in [2.45, 2.75) is 14.8 Å². The van der Waals surface area contributed by atoms with E-state index in [1.54, 1.807) is 30.3 Å². The van der Waals surface area contributed by atoms with Crippen LogP contribution in [0.1, 0.15) is 11.1 Å². The first-order chi connectivity index (χ1) is 10.8. The summed E-state index contributed by atoms with van der Waals surface area (Å²) in [5.74, 6) is -1.49. The minimum atomic E-state index is -1.08. The van der Waals surface area contributed by atoms with Crippen molar-refractivity contribution in [3.8, 4) is 0 Å². The molecule has 0 aliphatic carbocycles. The number of halogens is 2. The van der Waals surface area contributed by atoms with E-state index >= 15 is 0 Å². The Morgan fingerprint density at radius 1 is 1.13 bits per heavy atom. The number of benzene rings is 2. The van der Waals surface area contributed by atoms with E-state index in [0.29, 0.717) is 16.1 Å². The summed E-state index contributed by atoms with van der Waals surface area (Å²) in [6, 6.07) is 12.2. The van der Waals surface area contributed by atoms with E-state index in [9.17, 15) is 14.3 Å². The molecule has 0 aliphatic rings. The van der Waals surface area contributed by atoms with Crippen molar-refractivity contribution in [2.75, 3.05) is 0 Å². The number of hydrogen-bond donors (Lipinski definition) is 1. The molecule has 2 aromatic carbocycles. The van der Waals surface area contributed by atoms with Gasteiger partial charge in [-0.1, -0.05) is 35.9 Å². The number of carboxylic acid groups (broad SMARTS) is 1. The molecule has 0 spiro atoms. The van der Waals surface area contributed by atoms with E-state index < -0.39 is 31.5 Å². The van der Waals surface area contributed by atoms with Crippen LogP contribution in [0.2, 0.25) is 19.8 Å². The molecule has 0 unspecified atom stereocenters. The van der Waals surface area contributed by atoms with Crippen LogP contribution < -0.4 is 0 Å². The van der Waals surface area contributed by atoms with Gasteiger partial charge in [-0.15, -0.1) is 0 Å². The zero-order valence-corrected chi connectivity index (χ0v) is 16.9. The van der Waals surface area contributed by atoms with E-state index in [1.165, 1.54) is 24.3 Å². The zero-order chi connectivity index (χ0) is 17.4. The van der Waals surface area contributed by atoms with E-state index in [4.69, 9.17) is 11.6 Å². The van der Waals surface area contributed by atoms with E-state index in [1.807, 2.05) is 0 Å². The first kappa shape index (κ1) is 19.7. The molecule has 0 fully saturated rings. The molecule has 0 bridgehead atoms. The van der Waals surface area contributed by atoms with E-state index in [0.717, 1.165) is 0 Å². The molecule has 0 heterocycles. The molecule has 1 N–H and O–H groups in total. The number of hydrogen-bond acceptors (Lipinski definition) is 1. The number of carboxylic acids is 1. The van der Waals surface area contributed by atoms with Gasteiger partial charge in [-0.3, -0.25) is 0 Å². The van der Waals surface area contributed by atoms with Gasteiger partial charge >= 0.3 is 40.5 Å². The third-order valence-electron chi connectivity index (χ3n) is 2.55. The average Bonchev–Trinajstić information content (AvgIpc) is 2.45. The molecule has 23 heavy (non-hydrogen) atoms. The molecule has 2 nitrogen and oxygen atoms in total. The number of aliphatic carboxylic acids is 1. The predicted octanol–water partition coefficient (Wildman–Crippen LogP) is 5.47. The Morgan fingerprint density at radius 3 is 2.17 bits per heavy atom. The van der Waals surface area contributed by atoms with Gasteiger partial charge in [0, 0.05) is 5.02 Å². The second kappa shape index (κ2) is 9.73. The molecule has 0 aliphatic heterocycles. The van der Waals surface area contributed by atoms with Crippen LogP contribution >= 0.6 is 11.6 Å². The molecule has 0 saturated heterocycles. The van der Waals surface area contributed by atoms with E-state index in [2.05, 4.69) is 14.8 Å². The first-order valence-corrected chi connectivity index (χ1v) is 16.0. The predicted molar refractivity (Wildman–Crippen MR) is 96.7 cm³/mol. The van der Waals surface area contributed by atoms with Gasteiger partial charge in [0.15, 0.2) is 0 Å². The van der Waals surface area contributed by atoms with Gasteiger partial charge in [-0.05, 0) is 41.5 Å². The van der Waals surface area contributed by atoms with Crippen LogP contribution in [0.4, 0.5) is 4.39 Å². The Hall–Kier alpha value is -1.33. The van der Waals surface area contributed by atoms with Crippen molar-refractivity contribution < 1.29 is 14.3 Å². The third kappa shape index (κ3) is 7.66. The molecule has 0 atom stereocenters. The summed E-state index contributed by atoms with van der Waals surface area (Å²) in [6.07, 6.45) is 1.43. The van der Waals surface area contributed by atoms with Crippen molar-refractivity contribution in [1.82, 2.24) is 0 Å². The van der Waals surface area contributed by atoms with Crippen LogP contribution in [-0.4, -0.2) is 30.8 Å². The van der Waals surface area contributed by atoms with Crippen molar-refractivity contribution in [1.29, 1.82) is 0 Å². The maximum atomic E-state index is 13.1. The molecular formula is C18H19ClFO2Sn. The van der Waals surface area contributed by atoms with Crippen molar-refractivity contribution in [2.24, 2.45) is 0 Å². The Bertz CT molecular complexity index is 679. The van der Waals surface area contributed by atoms with Gasteiger partial charge in [-0.25, -0.2) is 9.18 Å². The summed E-state index contributed by atoms with van der Waals surface area (Å²) in [4.78, 5) is 18.4. The van der Waals surface area contributed by atoms with E-state index in [-0.39, 0.29) is 5.57 Å². The van der Waals surface area contributed by atoms with Crippen molar-refractivity contribution in [3.05, 3.63) is 70.5 Å². The average molecular weight is 441 g/mol. The minimum absolute atomic E-state index is 0.0854. The van der Waals surface area contributed by atoms with Crippen molar-refractivity contribution >= 4 is 49.0 Å². The van der Waals surface area contributed by atoms with Crippen LogP contribution in [0.5, 0.6) is 0 Å². The molecule has 0 aromatic heterocycles. The molecule has 0 saturated carbocycles. The van der Waals surface area contributed by atoms with Crippen molar-refractivity contribution in [3.63, 3.8) is 0 Å². The summed E-state index contributed by atoms with van der Waals surface area (Å²) < 4.78 is 13.1. The number of rotatable bonds is 3. The van der Waals surface area contributed by atoms with Gasteiger partial charge in [0.1, 0.15) is 5.82 Å². The van der Waals surface area contributed by atoms with Crippen LogP contribution in [0.25, 0.3) is 11.6 Å². The SMILES string of the molecule is O=C(O)/C(=C/c1cccc(F)c1)c1ccc(Cl)cc1.[CH3][Sn]([CH3])[CH3]. The molecular weight excluding hydrogens is 421 g/mol. The molecule has 5 heteroatoms. The van der Waals surface area contributed by atoms with Crippen LogP contribution in [0, 0.1) is 5.82 Å². The summed E-state index contributed by atoms with van der Waals surface area (Å²) in [5.41, 5.74) is 1.09. The third-order valence-corrected chi connectivity index (χ3v) is 2.80. The Morgan fingerprint density at radius 2 is 1.70 bits per heavy atom. The van der Waals surface area contributed by atoms with Crippen LogP contribution in [-0.2, 0) is 4.79 Å². The standard InChI is InChI=1S/C15H10ClFO2.3CH3.Sn/c16-12-6-4-11(5-7-12)14(15(18)19)9-10-2-1-3-13(17)8-10;;;;/h1-9H,(H,18,19);3*1H3;/b14-9+;;;;. The molecule has 2 aromatic rings. The van der Waals surface area contributed by atoms with Gasteiger partial charge in [0.25, 0.3) is 0 Å².